The molecule has 0 aliphatic heterocycles. The number of H-pyrrole nitrogens is 1. The number of aromatic hydroxyl groups is 2. The van der Waals surface area contributed by atoms with Gasteiger partial charge in [0.2, 0.25) is 0 Å². The second-order valence-electron chi connectivity index (χ2n) is 6.54. The Morgan fingerprint density at radius 2 is 1.90 bits per heavy atom. The average Bonchev–Trinajstić information content (AvgIpc) is 3.18. The minimum atomic E-state index is -0.714. The number of rotatable bonds is 5. The first-order chi connectivity index (χ1) is 14.9. The zero-order valence-electron chi connectivity index (χ0n) is 15.8. The molecule has 10 nitrogen and oxygen atoms in total. The summed E-state index contributed by atoms with van der Waals surface area (Å²) >= 11 is 0. The number of para-hydroxylation sites is 1. The van der Waals surface area contributed by atoms with Gasteiger partial charge in [-0.3, -0.25) is 14.9 Å². The predicted molar refractivity (Wildman–Crippen MR) is 113 cm³/mol. The van der Waals surface area contributed by atoms with Gasteiger partial charge in [0.1, 0.15) is 11.6 Å². The molecule has 1 aromatic heterocycles. The standard InChI is InChI=1S/C21H15N5O5/c27-18-4-2-1-3-14(18)20-23-15-7-6-13(10-16(15)24-20)21(29)25-22-11-12-5-8-19(28)17(9-12)26(30)31/h1-11,27-28H,(H,23,24)(H,25,29)/b22-11+. The number of hydrogen-bond donors (Lipinski definition) is 4. The molecular formula is C21H15N5O5. The van der Waals surface area contributed by atoms with E-state index in [0.29, 0.717) is 33.5 Å². The number of aromatic nitrogens is 2. The summed E-state index contributed by atoms with van der Waals surface area (Å²) < 4.78 is 0. The topological polar surface area (TPSA) is 154 Å². The van der Waals surface area contributed by atoms with Crippen molar-refractivity contribution in [2.75, 3.05) is 0 Å². The van der Waals surface area contributed by atoms with Gasteiger partial charge in [0.25, 0.3) is 5.91 Å². The first-order valence-corrected chi connectivity index (χ1v) is 9.01. The van der Waals surface area contributed by atoms with Gasteiger partial charge in [0.05, 0.1) is 27.7 Å². The molecule has 0 radical (unpaired) electrons. The number of nitrogens with one attached hydrogen (secondary N) is 2. The van der Waals surface area contributed by atoms with E-state index in [1.165, 1.54) is 18.3 Å². The Morgan fingerprint density at radius 1 is 1.10 bits per heavy atom. The number of hydrogen-bond acceptors (Lipinski definition) is 7. The third kappa shape index (κ3) is 4.03. The molecule has 0 fully saturated rings. The van der Waals surface area contributed by atoms with E-state index < -0.39 is 22.3 Å². The van der Waals surface area contributed by atoms with Crippen LogP contribution in [0, 0.1) is 10.1 Å². The van der Waals surface area contributed by atoms with Gasteiger partial charge in [-0.05, 0) is 42.5 Å². The molecule has 31 heavy (non-hydrogen) atoms. The second-order valence-corrected chi connectivity index (χ2v) is 6.54. The van der Waals surface area contributed by atoms with Crippen molar-refractivity contribution in [3.05, 3.63) is 81.9 Å². The van der Waals surface area contributed by atoms with Crippen LogP contribution in [0.4, 0.5) is 5.69 Å². The van der Waals surface area contributed by atoms with Crippen LogP contribution < -0.4 is 5.43 Å². The molecule has 0 spiro atoms. The summed E-state index contributed by atoms with van der Waals surface area (Å²) in [5, 5.41) is 34.1. The summed E-state index contributed by atoms with van der Waals surface area (Å²) in [6.45, 7) is 0. The number of aromatic amines is 1. The predicted octanol–water partition coefficient (Wildman–Crippen LogP) is 3.31. The van der Waals surface area contributed by atoms with Crippen LogP contribution in [0.5, 0.6) is 11.5 Å². The number of fused-ring (bicyclic) bond motifs is 1. The number of amides is 1. The molecule has 10 heteroatoms. The number of nitro groups is 1. The third-order valence-electron chi connectivity index (χ3n) is 4.48. The Kier molecular flexibility index (Phi) is 5.02. The highest BCUT2D eigenvalue weighted by molar-refractivity contribution is 5.98. The van der Waals surface area contributed by atoms with Crippen molar-refractivity contribution < 1.29 is 19.9 Å². The lowest BCUT2D eigenvalue weighted by Crippen LogP contribution is -2.17. The zero-order valence-corrected chi connectivity index (χ0v) is 15.8. The molecule has 0 aliphatic rings. The maximum absolute atomic E-state index is 12.4. The minimum absolute atomic E-state index is 0.0864. The van der Waals surface area contributed by atoms with Gasteiger partial charge in [0.15, 0.2) is 5.75 Å². The van der Waals surface area contributed by atoms with Gasteiger partial charge in [-0.25, -0.2) is 10.4 Å². The maximum atomic E-state index is 12.4. The highest BCUT2D eigenvalue weighted by atomic mass is 16.6. The molecule has 1 heterocycles. The van der Waals surface area contributed by atoms with Crippen molar-refractivity contribution >= 4 is 28.8 Å². The smallest absolute Gasteiger partial charge is 0.311 e. The number of phenols is 2. The molecule has 0 unspecified atom stereocenters. The highest BCUT2D eigenvalue weighted by Crippen LogP contribution is 2.28. The van der Waals surface area contributed by atoms with Gasteiger partial charge in [0, 0.05) is 17.2 Å². The van der Waals surface area contributed by atoms with Gasteiger partial charge in [-0.15, -0.1) is 0 Å². The molecule has 154 valence electrons. The molecule has 1 amide bonds. The van der Waals surface area contributed by atoms with Crippen LogP contribution in [-0.2, 0) is 0 Å². The van der Waals surface area contributed by atoms with E-state index in [1.54, 1.807) is 42.5 Å². The van der Waals surface area contributed by atoms with Crippen molar-refractivity contribution in [1.82, 2.24) is 15.4 Å². The number of nitrogens with zero attached hydrogens (tertiary/aromatic N) is 3. The Balaban J connectivity index is 1.52. The van der Waals surface area contributed by atoms with Crippen LogP contribution in [0.2, 0.25) is 0 Å². The number of carbonyl (C=O) groups is 1. The first kappa shape index (κ1) is 19.6. The van der Waals surface area contributed by atoms with Crippen molar-refractivity contribution in [2.24, 2.45) is 5.10 Å². The Morgan fingerprint density at radius 3 is 2.68 bits per heavy atom. The van der Waals surface area contributed by atoms with E-state index >= 15 is 0 Å². The number of benzene rings is 3. The minimum Gasteiger partial charge on any atom is -0.507 e. The third-order valence-corrected chi connectivity index (χ3v) is 4.48. The molecule has 4 N–H and O–H groups in total. The van der Waals surface area contributed by atoms with Crippen LogP contribution in [0.1, 0.15) is 15.9 Å². The molecular weight excluding hydrogens is 402 g/mol. The van der Waals surface area contributed by atoms with Gasteiger partial charge in [-0.2, -0.15) is 5.10 Å². The van der Waals surface area contributed by atoms with E-state index in [1.807, 2.05) is 0 Å². The van der Waals surface area contributed by atoms with Crippen molar-refractivity contribution in [3.8, 4) is 22.9 Å². The SMILES string of the molecule is O=C(N/N=C/c1ccc(O)c([N+](=O)[O-])c1)c1ccc2nc(-c3ccccc3O)[nH]c2c1. The molecule has 0 bridgehead atoms. The maximum Gasteiger partial charge on any atom is 0.311 e. The van der Waals surface area contributed by atoms with Gasteiger partial charge in [-0.1, -0.05) is 12.1 Å². The zero-order chi connectivity index (χ0) is 22.0. The lowest BCUT2D eigenvalue weighted by molar-refractivity contribution is -0.385. The van der Waals surface area contributed by atoms with E-state index in [2.05, 4.69) is 20.5 Å². The fourth-order valence-corrected chi connectivity index (χ4v) is 2.95. The Labute approximate surface area is 174 Å². The van der Waals surface area contributed by atoms with Crippen LogP contribution in [0.25, 0.3) is 22.4 Å². The number of phenolic OH excluding ortho intramolecular Hbond substituents is 2. The van der Waals surface area contributed by atoms with E-state index in [0.717, 1.165) is 6.07 Å². The van der Waals surface area contributed by atoms with Crippen LogP contribution in [0.15, 0.2) is 65.8 Å². The fraction of sp³-hybridized carbons (Fsp3) is 0. The molecule has 0 atom stereocenters. The molecule has 0 saturated heterocycles. The second kappa shape index (κ2) is 7.95. The number of imidazole rings is 1. The summed E-state index contributed by atoms with van der Waals surface area (Å²) in [5.74, 6) is -0.395. The summed E-state index contributed by atoms with van der Waals surface area (Å²) in [4.78, 5) is 30.0. The summed E-state index contributed by atoms with van der Waals surface area (Å²) in [5.41, 5.74) is 4.30. The number of carbonyl (C=O) groups excluding carboxylic acids is 1. The van der Waals surface area contributed by atoms with Gasteiger partial charge < -0.3 is 15.2 Å². The molecule has 4 rings (SSSR count). The van der Waals surface area contributed by atoms with Crippen LogP contribution >= 0.6 is 0 Å². The Bertz CT molecular complexity index is 1350. The Hall–Kier alpha value is -4.73. The quantitative estimate of drug-likeness (QED) is 0.222. The highest BCUT2D eigenvalue weighted by Gasteiger charge is 2.13. The number of nitro benzene ring substituents is 1. The molecule has 4 aromatic rings. The average molecular weight is 417 g/mol. The van der Waals surface area contributed by atoms with Gasteiger partial charge >= 0.3 is 5.69 Å². The van der Waals surface area contributed by atoms with E-state index in [-0.39, 0.29) is 5.75 Å². The van der Waals surface area contributed by atoms with Crippen molar-refractivity contribution in [1.29, 1.82) is 0 Å². The van der Waals surface area contributed by atoms with E-state index in [9.17, 15) is 25.1 Å². The lowest BCUT2D eigenvalue weighted by atomic mass is 10.2. The summed E-state index contributed by atoms with van der Waals surface area (Å²) in [6, 6.07) is 15.4. The monoisotopic (exact) mass is 417 g/mol. The van der Waals surface area contributed by atoms with E-state index in [4.69, 9.17) is 0 Å². The molecule has 3 aromatic carbocycles. The number of hydrazone groups is 1. The summed E-state index contributed by atoms with van der Waals surface area (Å²) in [7, 11) is 0. The molecule has 0 aliphatic carbocycles. The largest absolute Gasteiger partial charge is 0.507 e. The first-order valence-electron chi connectivity index (χ1n) is 9.01. The lowest BCUT2D eigenvalue weighted by Gasteiger charge is -2.00. The summed E-state index contributed by atoms with van der Waals surface area (Å²) in [6.07, 6.45) is 1.23. The van der Waals surface area contributed by atoms with Crippen molar-refractivity contribution in [2.45, 2.75) is 0 Å². The fourth-order valence-electron chi connectivity index (χ4n) is 2.95. The van der Waals surface area contributed by atoms with Crippen LogP contribution in [-0.4, -0.2) is 37.2 Å². The normalized spacial score (nSPS) is 11.1. The molecule has 0 saturated carbocycles. The van der Waals surface area contributed by atoms with Crippen molar-refractivity contribution in [3.63, 3.8) is 0 Å². The van der Waals surface area contributed by atoms with Crippen LogP contribution in [0.3, 0.4) is 0 Å².